The van der Waals surface area contributed by atoms with Gasteiger partial charge >= 0.3 is 0 Å². The molecule has 0 heterocycles. The zero-order chi connectivity index (χ0) is 12.4. The minimum Gasteiger partial charge on any atom is -0.372 e. The molecule has 0 bridgehead atoms. The van der Waals surface area contributed by atoms with Crippen LogP contribution in [-0.4, -0.2) is 20.1 Å². The van der Waals surface area contributed by atoms with Crippen molar-refractivity contribution >= 4 is 5.69 Å². The van der Waals surface area contributed by atoms with E-state index in [1.165, 1.54) is 24.1 Å². The van der Waals surface area contributed by atoms with Crippen molar-refractivity contribution in [2.45, 2.75) is 38.8 Å². The van der Waals surface area contributed by atoms with Gasteiger partial charge in [0.15, 0.2) is 0 Å². The molecule has 0 radical (unpaired) electrons. The summed E-state index contributed by atoms with van der Waals surface area (Å²) in [5.74, 6) is 0.913. The number of hydrogen-bond donors (Lipinski definition) is 1. The molecule has 0 amide bonds. The van der Waals surface area contributed by atoms with Crippen LogP contribution < -0.4 is 10.2 Å². The third kappa shape index (κ3) is 2.81. The molecule has 1 aromatic rings. The van der Waals surface area contributed by atoms with Crippen molar-refractivity contribution in [3.63, 3.8) is 0 Å². The molecule has 0 saturated heterocycles. The van der Waals surface area contributed by atoms with Gasteiger partial charge in [-0.2, -0.15) is 0 Å². The molecule has 2 unspecified atom stereocenters. The van der Waals surface area contributed by atoms with E-state index < -0.39 is 0 Å². The molecule has 1 saturated carbocycles. The number of benzene rings is 1. The van der Waals surface area contributed by atoms with Crippen LogP contribution in [0.25, 0.3) is 0 Å². The summed E-state index contributed by atoms with van der Waals surface area (Å²) in [6, 6.07) is 10.0. The maximum absolute atomic E-state index is 3.27. The largest absolute Gasteiger partial charge is 0.372 e. The summed E-state index contributed by atoms with van der Waals surface area (Å²) in [5.41, 5.74) is 2.68. The van der Waals surface area contributed by atoms with E-state index in [0.29, 0.717) is 12.1 Å². The maximum Gasteiger partial charge on any atom is 0.0366 e. The molecule has 1 aromatic carbocycles. The molecule has 1 aliphatic rings. The molecule has 2 rings (SSSR count). The van der Waals surface area contributed by atoms with Gasteiger partial charge < -0.3 is 10.2 Å². The second-order valence-electron chi connectivity index (χ2n) is 5.29. The van der Waals surface area contributed by atoms with Crippen LogP contribution in [0.3, 0.4) is 0 Å². The predicted molar refractivity (Wildman–Crippen MR) is 74.5 cm³/mol. The molecule has 2 nitrogen and oxygen atoms in total. The lowest BCUT2D eigenvalue weighted by molar-refractivity contribution is 0.608. The van der Waals surface area contributed by atoms with Crippen LogP contribution in [0, 0.1) is 5.92 Å². The summed E-state index contributed by atoms with van der Waals surface area (Å²) in [4.78, 5) is 2.41. The molecule has 2 heteroatoms. The highest BCUT2D eigenvalue weighted by atomic mass is 15.1. The Morgan fingerprint density at radius 2 is 1.76 bits per heavy atom. The van der Waals surface area contributed by atoms with E-state index in [0.717, 1.165) is 5.92 Å². The standard InChI is InChI=1S/C15H24N2/c1-11(16-3)13-7-9-15(10-8-13)17(4)12(2)14-5-6-14/h7-12,14,16H,5-6H2,1-4H3. The lowest BCUT2D eigenvalue weighted by Gasteiger charge is -2.27. The summed E-state index contributed by atoms with van der Waals surface area (Å²) >= 11 is 0. The van der Waals surface area contributed by atoms with Gasteiger partial charge in [-0.1, -0.05) is 12.1 Å². The first-order chi connectivity index (χ1) is 8.13. The lowest BCUT2D eigenvalue weighted by Crippen LogP contribution is -2.30. The highest BCUT2D eigenvalue weighted by Crippen LogP contribution is 2.36. The van der Waals surface area contributed by atoms with Crippen LogP contribution in [0.4, 0.5) is 5.69 Å². The molecular weight excluding hydrogens is 208 g/mol. The zero-order valence-corrected chi connectivity index (χ0v) is 11.4. The van der Waals surface area contributed by atoms with Gasteiger partial charge in [0.05, 0.1) is 0 Å². The van der Waals surface area contributed by atoms with Crippen LogP contribution in [0.2, 0.25) is 0 Å². The number of nitrogens with zero attached hydrogens (tertiary/aromatic N) is 1. The molecular formula is C15H24N2. The maximum atomic E-state index is 3.27. The Labute approximate surface area is 105 Å². The van der Waals surface area contributed by atoms with E-state index in [2.05, 4.69) is 55.4 Å². The van der Waals surface area contributed by atoms with Crippen LogP contribution in [0.15, 0.2) is 24.3 Å². The van der Waals surface area contributed by atoms with Crippen LogP contribution in [0.1, 0.15) is 38.3 Å². The predicted octanol–water partition coefficient (Wildman–Crippen LogP) is 3.20. The SMILES string of the molecule is CNC(C)c1ccc(N(C)C(C)C2CC2)cc1. The van der Waals surface area contributed by atoms with E-state index in [1.54, 1.807) is 0 Å². The monoisotopic (exact) mass is 232 g/mol. The van der Waals surface area contributed by atoms with Crippen LogP contribution in [0.5, 0.6) is 0 Å². The molecule has 94 valence electrons. The first-order valence-electron chi connectivity index (χ1n) is 6.63. The number of rotatable bonds is 5. The van der Waals surface area contributed by atoms with Crippen molar-refractivity contribution in [2.24, 2.45) is 5.92 Å². The van der Waals surface area contributed by atoms with E-state index in [1.807, 2.05) is 7.05 Å². The summed E-state index contributed by atoms with van der Waals surface area (Å²) in [7, 11) is 4.21. The van der Waals surface area contributed by atoms with Crippen molar-refractivity contribution in [2.75, 3.05) is 19.0 Å². The smallest absolute Gasteiger partial charge is 0.0366 e. The second kappa shape index (κ2) is 5.09. The number of hydrogen-bond acceptors (Lipinski definition) is 2. The topological polar surface area (TPSA) is 15.3 Å². The zero-order valence-electron chi connectivity index (χ0n) is 11.4. The Balaban J connectivity index is 2.06. The molecule has 1 aliphatic carbocycles. The number of nitrogens with one attached hydrogen (secondary N) is 1. The molecule has 1 N–H and O–H groups in total. The fourth-order valence-corrected chi connectivity index (χ4v) is 2.29. The van der Waals surface area contributed by atoms with Gasteiger partial charge in [0, 0.05) is 24.8 Å². The average Bonchev–Trinajstić information content (AvgIpc) is 3.20. The molecule has 0 aliphatic heterocycles. The molecule has 17 heavy (non-hydrogen) atoms. The average molecular weight is 232 g/mol. The number of anilines is 1. The van der Waals surface area contributed by atoms with Gasteiger partial charge in [0.1, 0.15) is 0 Å². The minimum absolute atomic E-state index is 0.426. The van der Waals surface area contributed by atoms with Gasteiger partial charge in [0.25, 0.3) is 0 Å². The highest BCUT2D eigenvalue weighted by molar-refractivity contribution is 5.48. The van der Waals surface area contributed by atoms with Gasteiger partial charge in [0.2, 0.25) is 0 Å². The first-order valence-corrected chi connectivity index (χ1v) is 6.63. The summed E-state index contributed by atoms with van der Waals surface area (Å²) in [5, 5.41) is 3.27. The van der Waals surface area contributed by atoms with Crippen LogP contribution >= 0.6 is 0 Å². The van der Waals surface area contributed by atoms with E-state index in [-0.39, 0.29) is 0 Å². The molecule has 1 fully saturated rings. The van der Waals surface area contributed by atoms with Crippen molar-refractivity contribution < 1.29 is 0 Å². The lowest BCUT2D eigenvalue weighted by atomic mass is 10.1. The Morgan fingerprint density at radius 1 is 1.18 bits per heavy atom. The van der Waals surface area contributed by atoms with E-state index >= 15 is 0 Å². The molecule has 0 spiro atoms. The van der Waals surface area contributed by atoms with Gasteiger partial charge in [-0.25, -0.2) is 0 Å². The Bertz CT molecular complexity index is 354. The van der Waals surface area contributed by atoms with Crippen molar-refractivity contribution in [1.82, 2.24) is 5.32 Å². The summed E-state index contributed by atoms with van der Waals surface area (Å²) < 4.78 is 0. The Morgan fingerprint density at radius 3 is 2.24 bits per heavy atom. The van der Waals surface area contributed by atoms with Gasteiger partial charge in [-0.3, -0.25) is 0 Å². The second-order valence-corrected chi connectivity index (χ2v) is 5.29. The third-order valence-corrected chi connectivity index (χ3v) is 4.15. The summed E-state index contributed by atoms with van der Waals surface area (Å²) in [6.07, 6.45) is 2.81. The van der Waals surface area contributed by atoms with E-state index in [9.17, 15) is 0 Å². The quantitative estimate of drug-likeness (QED) is 0.838. The van der Waals surface area contributed by atoms with Crippen LogP contribution in [-0.2, 0) is 0 Å². The Kier molecular flexibility index (Phi) is 3.72. The van der Waals surface area contributed by atoms with E-state index in [4.69, 9.17) is 0 Å². The summed E-state index contributed by atoms with van der Waals surface area (Å²) in [6.45, 7) is 4.52. The Hall–Kier alpha value is -1.02. The van der Waals surface area contributed by atoms with Gasteiger partial charge in [-0.15, -0.1) is 0 Å². The van der Waals surface area contributed by atoms with Crippen molar-refractivity contribution in [1.29, 1.82) is 0 Å². The minimum atomic E-state index is 0.426. The highest BCUT2D eigenvalue weighted by Gasteiger charge is 2.30. The third-order valence-electron chi connectivity index (χ3n) is 4.15. The van der Waals surface area contributed by atoms with Crippen molar-refractivity contribution in [3.8, 4) is 0 Å². The normalized spacial score (nSPS) is 18.8. The first kappa shape index (κ1) is 12.4. The molecule has 0 aromatic heterocycles. The fraction of sp³-hybridized carbons (Fsp3) is 0.600. The fourth-order valence-electron chi connectivity index (χ4n) is 2.29. The van der Waals surface area contributed by atoms with Crippen molar-refractivity contribution in [3.05, 3.63) is 29.8 Å². The molecule has 2 atom stereocenters. The van der Waals surface area contributed by atoms with Gasteiger partial charge in [-0.05, 0) is 57.4 Å².